The molecular formula is C5H11OSi. The standard InChI is InChI=1S/C5H11OSi/c7-5-1-3-6-4-2-5/h3,5H,1-2,4H2,7H3. The van der Waals surface area contributed by atoms with Crippen molar-refractivity contribution in [3.8, 4) is 0 Å². The smallest absolute Gasteiger partial charge is 0.0836 e. The summed E-state index contributed by atoms with van der Waals surface area (Å²) in [6, 6.07) is 0. The maximum atomic E-state index is 5.04. The highest BCUT2D eigenvalue weighted by Gasteiger charge is 2.06. The molecule has 1 aliphatic rings. The van der Waals surface area contributed by atoms with Gasteiger partial charge in [-0.2, -0.15) is 0 Å². The molecule has 7 heavy (non-hydrogen) atoms. The minimum absolute atomic E-state index is 0.966. The van der Waals surface area contributed by atoms with E-state index in [0.717, 1.165) is 12.1 Å². The van der Waals surface area contributed by atoms with Crippen LogP contribution < -0.4 is 0 Å². The Labute approximate surface area is 47.5 Å². The first-order valence-electron chi connectivity index (χ1n) is 2.83. The summed E-state index contributed by atoms with van der Waals surface area (Å²) in [6.45, 7) is 2.91. The van der Waals surface area contributed by atoms with Gasteiger partial charge in [-0.1, -0.05) is 0 Å². The summed E-state index contributed by atoms with van der Waals surface area (Å²) in [6.07, 6.45) is 2.49. The number of rotatable bonds is 0. The summed E-state index contributed by atoms with van der Waals surface area (Å²) >= 11 is 0. The zero-order valence-corrected chi connectivity index (χ0v) is 6.68. The summed E-state index contributed by atoms with van der Waals surface area (Å²) < 4.78 is 5.04. The summed E-state index contributed by atoms with van der Waals surface area (Å²) in [4.78, 5) is 0. The van der Waals surface area contributed by atoms with Crippen molar-refractivity contribution in [1.82, 2.24) is 0 Å². The maximum Gasteiger partial charge on any atom is 0.0836 e. The molecule has 1 atom stereocenters. The van der Waals surface area contributed by atoms with Crippen LogP contribution in [0.5, 0.6) is 0 Å². The average molecular weight is 115 g/mol. The van der Waals surface area contributed by atoms with Gasteiger partial charge in [0.25, 0.3) is 0 Å². The second kappa shape index (κ2) is 2.48. The predicted octanol–water partition coefficient (Wildman–Crippen LogP) is 0.112. The molecule has 2 heteroatoms. The summed E-state index contributed by atoms with van der Waals surface area (Å²) in [7, 11) is 1.34. The Balaban J connectivity index is 2.12. The van der Waals surface area contributed by atoms with Gasteiger partial charge in [0.2, 0.25) is 0 Å². The van der Waals surface area contributed by atoms with Gasteiger partial charge in [0.15, 0.2) is 0 Å². The van der Waals surface area contributed by atoms with Crippen molar-refractivity contribution in [1.29, 1.82) is 0 Å². The van der Waals surface area contributed by atoms with Crippen molar-refractivity contribution in [2.45, 2.75) is 18.4 Å². The predicted molar refractivity (Wildman–Crippen MR) is 33.2 cm³/mol. The maximum absolute atomic E-state index is 5.04. The van der Waals surface area contributed by atoms with Crippen LogP contribution in [0.4, 0.5) is 0 Å². The van der Waals surface area contributed by atoms with Crippen LogP contribution in [0.1, 0.15) is 12.8 Å². The highest BCUT2D eigenvalue weighted by Crippen LogP contribution is 2.18. The summed E-state index contributed by atoms with van der Waals surface area (Å²) in [5.41, 5.74) is 0.994. The van der Waals surface area contributed by atoms with E-state index in [1.807, 2.05) is 6.61 Å². The molecule has 0 aromatic rings. The van der Waals surface area contributed by atoms with Gasteiger partial charge in [0.1, 0.15) is 0 Å². The molecular weight excluding hydrogens is 104 g/mol. The lowest BCUT2D eigenvalue weighted by Crippen LogP contribution is -2.06. The van der Waals surface area contributed by atoms with E-state index >= 15 is 0 Å². The molecule has 0 aromatic carbocycles. The highest BCUT2D eigenvalue weighted by atomic mass is 28.1. The molecule has 1 unspecified atom stereocenters. The molecule has 1 aliphatic heterocycles. The molecule has 0 aliphatic carbocycles. The molecule has 1 radical (unpaired) electrons. The molecule has 0 amide bonds. The first kappa shape index (κ1) is 5.32. The van der Waals surface area contributed by atoms with Gasteiger partial charge in [0, 0.05) is 16.8 Å². The van der Waals surface area contributed by atoms with Gasteiger partial charge in [-0.15, -0.1) is 0 Å². The Bertz CT molecular complexity index is 50.0. The van der Waals surface area contributed by atoms with E-state index in [0.29, 0.717) is 0 Å². The fourth-order valence-electron chi connectivity index (χ4n) is 0.703. The van der Waals surface area contributed by atoms with Gasteiger partial charge in [-0.05, 0) is 18.4 Å². The van der Waals surface area contributed by atoms with Crippen LogP contribution in [-0.2, 0) is 4.74 Å². The topological polar surface area (TPSA) is 9.23 Å². The van der Waals surface area contributed by atoms with E-state index < -0.39 is 0 Å². The molecule has 41 valence electrons. The van der Waals surface area contributed by atoms with Gasteiger partial charge in [-0.3, -0.25) is 0 Å². The molecule has 1 saturated heterocycles. The lowest BCUT2D eigenvalue weighted by atomic mass is 10.2. The van der Waals surface area contributed by atoms with Crippen LogP contribution in [0.2, 0.25) is 5.54 Å². The van der Waals surface area contributed by atoms with Crippen LogP contribution in [-0.4, -0.2) is 16.8 Å². The van der Waals surface area contributed by atoms with Crippen molar-refractivity contribution < 1.29 is 4.74 Å². The molecule has 0 saturated carbocycles. The van der Waals surface area contributed by atoms with Crippen LogP contribution in [0.3, 0.4) is 0 Å². The SMILES string of the molecule is [SiH3]C1C[CH]OCC1. The van der Waals surface area contributed by atoms with Crippen LogP contribution in [0.25, 0.3) is 0 Å². The van der Waals surface area contributed by atoms with Crippen molar-refractivity contribution in [3.63, 3.8) is 0 Å². The second-order valence-electron chi connectivity index (χ2n) is 2.17. The van der Waals surface area contributed by atoms with E-state index in [1.165, 1.54) is 23.1 Å². The fraction of sp³-hybridized carbons (Fsp3) is 0.800. The van der Waals surface area contributed by atoms with Crippen molar-refractivity contribution in [3.05, 3.63) is 6.61 Å². The number of ether oxygens (including phenoxy) is 1. The largest absolute Gasteiger partial charge is 0.376 e. The third kappa shape index (κ3) is 1.61. The van der Waals surface area contributed by atoms with Crippen molar-refractivity contribution >= 4 is 10.2 Å². The lowest BCUT2D eigenvalue weighted by Gasteiger charge is -2.15. The normalized spacial score (nSPS) is 25.7. The molecule has 1 heterocycles. The van der Waals surface area contributed by atoms with Gasteiger partial charge < -0.3 is 4.74 Å². The van der Waals surface area contributed by atoms with E-state index in [1.54, 1.807) is 0 Å². The Morgan fingerprint density at radius 2 is 2.57 bits per heavy atom. The Kier molecular flexibility index (Phi) is 1.88. The Morgan fingerprint density at radius 3 is 2.86 bits per heavy atom. The van der Waals surface area contributed by atoms with Gasteiger partial charge in [0.05, 0.1) is 6.61 Å². The monoisotopic (exact) mass is 115 g/mol. The third-order valence-corrected chi connectivity index (χ3v) is 2.39. The van der Waals surface area contributed by atoms with Gasteiger partial charge in [-0.25, -0.2) is 0 Å². The molecule has 0 bridgehead atoms. The first-order valence-corrected chi connectivity index (χ1v) is 3.98. The first-order chi connectivity index (χ1) is 3.39. The second-order valence-corrected chi connectivity index (χ2v) is 3.80. The van der Waals surface area contributed by atoms with E-state index in [9.17, 15) is 0 Å². The highest BCUT2D eigenvalue weighted by molar-refractivity contribution is 6.11. The number of hydrogen-bond acceptors (Lipinski definition) is 1. The quantitative estimate of drug-likeness (QED) is 0.407. The van der Waals surface area contributed by atoms with Gasteiger partial charge >= 0.3 is 0 Å². The van der Waals surface area contributed by atoms with Crippen molar-refractivity contribution in [2.24, 2.45) is 0 Å². The zero-order valence-electron chi connectivity index (χ0n) is 4.68. The summed E-state index contributed by atoms with van der Waals surface area (Å²) in [5, 5.41) is 0. The Morgan fingerprint density at radius 1 is 1.71 bits per heavy atom. The lowest BCUT2D eigenvalue weighted by molar-refractivity contribution is 0.156. The minimum atomic E-state index is 0.966. The van der Waals surface area contributed by atoms with E-state index in [4.69, 9.17) is 4.74 Å². The molecule has 1 fully saturated rings. The zero-order chi connectivity index (χ0) is 5.11. The molecule has 0 spiro atoms. The van der Waals surface area contributed by atoms with Crippen molar-refractivity contribution in [2.75, 3.05) is 6.61 Å². The molecule has 0 N–H and O–H groups in total. The third-order valence-electron chi connectivity index (χ3n) is 1.34. The van der Waals surface area contributed by atoms with E-state index in [-0.39, 0.29) is 0 Å². The Hall–Kier alpha value is 0.177. The molecule has 1 rings (SSSR count). The molecule has 0 aromatic heterocycles. The molecule has 1 nitrogen and oxygen atoms in total. The van der Waals surface area contributed by atoms with Crippen LogP contribution >= 0.6 is 0 Å². The number of hydrogen-bond donors (Lipinski definition) is 0. The van der Waals surface area contributed by atoms with E-state index in [2.05, 4.69) is 0 Å². The minimum Gasteiger partial charge on any atom is -0.376 e. The van der Waals surface area contributed by atoms with Crippen LogP contribution in [0, 0.1) is 6.61 Å². The fourth-order valence-corrected chi connectivity index (χ4v) is 1.13. The average Bonchev–Trinajstić information content (AvgIpc) is 1.69. The van der Waals surface area contributed by atoms with Crippen LogP contribution in [0.15, 0.2) is 0 Å². The summed E-state index contributed by atoms with van der Waals surface area (Å²) in [5.74, 6) is 0.